The molecule has 0 bridgehead atoms. The van der Waals surface area contributed by atoms with Gasteiger partial charge in [-0.1, -0.05) is 78.4 Å². The zero-order valence-corrected chi connectivity index (χ0v) is 15.8. The quantitative estimate of drug-likeness (QED) is 0.372. The van der Waals surface area contributed by atoms with Crippen LogP contribution >= 0.6 is 0 Å². The molecule has 1 aliphatic rings. The van der Waals surface area contributed by atoms with Crippen molar-refractivity contribution in [1.29, 1.82) is 0 Å². The molecule has 1 heterocycles. The number of hydrogen-bond acceptors (Lipinski definition) is 0. The van der Waals surface area contributed by atoms with Crippen molar-refractivity contribution in [3.63, 3.8) is 0 Å². The monoisotopic (exact) mass is 349 g/mol. The summed E-state index contributed by atoms with van der Waals surface area (Å²) in [6, 6.07) is 26.2. The molecule has 0 radical (unpaired) electrons. The molecular formula is C26H23N. The molecule has 1 nitrogen and oxygen atoms in total. The van der Waals surface area contributed by atoms with E-state index in [4.69, 9.17) is 0 Å². The average Bonchev–Trinajstić information content (AvgIpc) is 3.04. The van der Waals surface area contributed by atoms with Gasteiger partial charge in [0, 0.05) is 21.8 Å². The molecule has 0 saturated carbocycles. The Kier molecular flexibility index (Phi) is 3.58. The Bertz CT molecular complexity index is 1210. The lowest BCUT2D eigenvalue weighted by Crippen LogP contribution is -2.28. The van der Waals surface area contributed by atoms with Crippen molar-refractivity contribution in [2.24, 2.45) is 0 Å². The van der Waals surface area contributed by atoms with E-state index < -0.39 is 0 Å². The van der Waals surface area contributed by atoms with E-state index in [0.29, 0.717) is 0 Å². The zero-order valence-electron chi connectivity index (χ0n) is 15.8. The molecule has 1 heteroatoms. The first-order chi connectivity index (χ1) is 13.2. The summed E-state index contributed by atoms with van der Waals surface area (Å²) in [6.07, 6.45) is 8.02. The summed E-state index contributed by atoms with van der Waals surface area (Å²) in [5.74, 6) is 0. The fourth-order valence-electron chi connectivity index (χ4n) is 4.37. The molecule has 0 N–H and O–H groups in total. The van der Waals surface area contributed by atoms with E-state index in [1.54, 1.807) is 0 Å². The second-order valence-corrected chi connectivity index (χ2v) is 7.79. The molecule has 0 aliphatic heterocycles. The van der Waals surface area contributed by atoms with Gasteiger partial charge in [0.25, 0.3) is 0 Å². The van der Waals surface area contributed by atoms with Crippen molar-refractivity contribution in [2.45, 2.75) is 25.8 Å². The minimum Gasteiger partial charge on any atom is -0.331 e. The summed E-state index contributed by atoms with van der Waals surface area (Å²) < 4.78 is 2.52. The molecule has 1 unspecified atom stereocenters. The Labute approximate surface area is 160 Å². The van der Waals surface area contributed by atoms with Crippen LogP contribution in [0.5, 0.6) is 0 Å². The van der Waals surface area contributed by atoms with Crippen LogP contribution in [0.3, 0.4) is 0 Å². The summed E-state index contributed by atoms with van der Waals surface area (Å²) in [5.41, 5.74) is 6.45. The number of fused-ring (bicyclic) bond motifs is 3. The summed E-state index contributed by atoms with van der Waals surface area (Å²) >= 11 is 0. The van der Waals surface area contributed by atoms with Gasteiger partial charge in [0.15, 0.2) is 0 Å². The number of rotatable bonds is 2. The van der Waals surface area contributed by atoms with Crippen LogP contribution in [0.25, 0.3) is 27.4 Å². The van der Waals surface area contributed by atoms with Gasteiger partial charge in [0.05, 0.1) is 5.54 Å². The maximum atomic E-state index is 2.52. The lowest BCUT2D eigenvalue weighted by atomic mass is 9.87. The van der Waals surface area contributed by atoms with E-state index in [1.165, 1.54) is 38.5 Å². The Morgan fingerprint density at radius 1 is 0.815 bits per heavy atom. The molecule has 0 fully saturated rings. The van der Waals surface area contributed by atoms with Gasteiger partial charge in [-0.3, -0.25) is 0 Å². The predicted octanol–water partition coefficient (Wildman–Crippen LogP) is 6.86. The molecular weight excluding hydrogens is 326 g/mol. The molecule has 3 aromatic carbocycles. The minimum atomic E-state index is -0.0745. The predicted molar refractivity (Wildman–Crippen MR) is 116 cm³/mol. The number of allylic oxidation sites excluding steroid dienone is 4. The molecule has 5 rings (SSSR count). The highest BCUT2D eigenvalue weighted by Gasteiger charge is 2.28. The van der Waals surface area contributed by atoms with Crippen molar-refractivity contribution in [1.82, 2.24) is 4.57 Å². The lowest BCUT2D eigenvalue weighted by Gasteiger charge is -2.32. The van der Waals surface area contributed by atoms with Gasteiger partial charge in [0.2, 0.25) is 0 Å². The van der Waals surface area contributed by atoms with Gasteiger partial charge >= 0.3 is 0 Å². The second-order valence-electron chi connectivity index (χ2n) is 7.79. The SMILES string of the molecule is Cc1ccc2c(c1)c1ccccc1n2C1(C)C=CC(c2ccccc2)=CC1. The molecule has 1 atom stereocenters. The Balaban J connectivity index is 1.68. The van der Waals surface area contributed by atoms with Crippen molar-refractivity contribution in [3.8, 4) is 0 Å². The molecule has 1 aliphatic carbocycles. The minimum absolute atomic E-state index is 0.0745. The molecule has 0 amide bonds. The average molecular weight is 349 g/mol. The normalized spacial score (nSPS) is 19.6. The molecule has 132 valence electrons. The first kappa shape index (κ1) is 16.1. The van der Waals surface area contributed by atoms with Gasteiger partial charge in [-0.25, -0.2) is 0 Å². The zero-order chi connectivity index (χ0) is 18.4. The molecule has 27 heavy (non-hydrogen) atoms. The first-order valence-electron chi connectivity index (χ1n) is 9.61. The number of nitrogens with zero attached hydrogens (tertiary/aromatic N) is 1. The fraction of sp³-hybridized carbons (Fsp3) is 0.154. The van der Waals surface area contributed by atoms with E-state index in [2.05, 4.69) is 109 Å². The van der Waals surface area contributed by atoms with Crippen molar-refractivity contribution in [3.05, 3.63) is 102 Å². The number of hydrogen-bond donors (Lipinski definition) is 0. The second kappa shape index (κ2) is 5.99. The van der Waals surface area contributed by atoms with Gasteiger partial charge < -0.3 is 4.57 Å². The highest BCUT2D eigenvalue weighted by molar-refractivity contribution is 6.08. The van der Waals surface area contributed by atoms with Crippen LogP contribution in [-0.4, -0.2) is 4.57 Å². The summed E-state index contributed by atoms with van der Waals surface area (Å²) in [6.45, 7) is 4.51. The summed E-state index contributed by atoms with van der Waals surface area (Å²) in [5, 5.41) is 2.68. The maximum Gasteiger partial charge on any atom is 0.0643 e. The van der Waals surface area contributed by atoms with Crippen molar-refractivity contribution < 1.29 is 0 Å². The lowest BCUT2D eigenvalue weighted by molar-refractivity contribution is 0.438. The van der Waals surface area contributed by atoms with Crippen LogP contribution in [-0.2, 0) is 5.54 Å². The van der Waals surface area contributed by atoms with Crippen LogP contribution < -0.4 is 0 Å². The van der Waals surface area contributed by atoms with E-state index in [1.807, 2.05) is 0 Å². The smallest absolute Gasteiger partial charge is 0.0643 e. The Morgan fingerprint density at radius 3 is 2.33 bits per heavy atom. The largest absolute Gasteiger partial charge is 0.331 e. The van der Waals surface area contributed by atoms with Crippen LogP contribution in [0, 0.1) is 6.92 Å². The van der Waals surface area contributed by atoms with Gasteiger partial charge in [-0.15, -0.1) is 0 Å². The van der Waals surface area contributed by atoms with Crippen LogP contribution in [0.2, 0.25) is 0 Å². The van der Waals surface area contributed by atoms with Crippen LogP contribution in [0.4, 0.5) is 0 Å². The van der Waals surface area contributed by atoms with E-state index >= 15 is 0 Å². The van der Waals surface area contributed by atoms with Crippen molar-refractivity contribution in [2.75, 3.05) is 0 Å². The van der Waals surface area contributed by atoms with Crippen molar-refractivity contribution >= 4 is 27.4 Å². The maximum absolute atomic E-state index is 2.52. The topological polar surface area (TPSA) is 4.93 Å². The third-order valence-electron chi connectivity index (χ3n) is 5.80. The highest BCUT2D eigenvalue weighted by atomic mass is 15.1. The standard InChI is InChI=1S/C26H23N/c1-19-12-13-25-23(18-19)22-10-6-7-11-24(22)27(25)26(2)16-14-21(15-17-26)20-8-4-3-5-9-20/h3-16,18H,17H2,1-2H3. The van der Waals surface area contributed by atoms with Crippen LogP contribution in [0.1, 0.15) is 24.5 Å². The third kappa shape index (κ3) is 2.54. The molecule has 1 aromatic heterocycles. The van der Waals surface area contributed by atoms with E-state index in [-0.39, 0.29) is 5.54 Å². The molecule has 0 saturated heterocycles. The number of para-hydroxylation sites is 1. The fourth-order valence-corrected chi connectivity index (χ4v) is 4.37. The Morgan fingerprint density at radius 2 is 1.56 bits per heavy atom. The molecule has 4 aromatic rings. The Hall–Kier alpha value is -3.06. The summed E-state index contributed by atoms with van der Waals surface area (Å²) in [4.78, 5) is 0. The summed E-state index contributed by atoms with van der Waals surface area (Å²) in [7, 11) is 0. The van der Waals surface area contributed by atoms with Crippen LogP contribution in [0.15, 0.2) is 91.0 Å². The number of aromatic nitrogens is 1. The van der Waals surface area contributed by atoms with Gasteiger partial charge in [-0.05, 0) is 49.6 Å². The van der Waals surface area contributed by atoms with E-state index in [9.17, 15) is 0 Å². The first-order valence-corrected chi connectivity index (χ1v) is 9.61. The number of benzene rings is 3. The molecule has 0 spiro atoms. The van der Waals surface area contributed by atoms with Gasteiger partial charge in [0.1, 0.15) is 0 Å². The third-order valence-corrected chi connectivity index (χ3v) is 5.80. The van der Waals surface area contributed by atoms with E-state index in [0.717, 1.165) is 6.42 Å². The highest BCUT2D eigenvalue weighted by Crippen LogP contribution is 2.39. The van der Waals surface area contributed by atoms with Gasteiger partial charge in [-0.2, -0.15) is 0 Å². The number of aryl methyl sites for hydroxylation is 1.